The van der Waals surface area contributed by atoms with Gasteiger partial charge in [-0.1, -0.05) is 6.07 Å². The molecule has 3 heterocycles. The second kappa shape index (κ2) is 4.49. The van der Waals surface area contributed by atoms with Crippen molar-refractivity contribution in [2.45, 2.75) is 6.54 Å². The summed E-state index contributed by atoms with van der Waals surface area (Å²) in [4.78, 5) is 16.7. The molecule has 1 aromatic carbocycles. The third-order valence-electron chi connectivity index (χ3n) is 3.28. The van der Waals surface area contributed by atoms with Gasteiger partial charge in [-0.15, -0.1) is 11.3 Å². The molecule has 1 N–H and O–H groups in total. The van der Waals surface area contributed by atoms with Gasteiger partial charge in [0.2, 0.25) is 6.79 Å². The second-order valence-electron chi connectivity index (χ2n) is 4.59. The zero-order valence-electron chi connectivity index (χ0n) is 10.8. The van der Waals surface area contributed by atoms with Crippen molar-refractivity contribution in [1.29, 1.82) is 0 Å². The summed E-state index contributed by atoms with van der Waals surface area (Å²) in [5.41, 5.74) is 1.42. The Morgan fingerprint density at radius 1 is 1.38 bits per heavy atom. The SMILES string of the molecule is O=C(O)Cn1c(-c2cccs2)nc2cc3c(cc21)OCO3. The van der Waals surface area contributed by atoms with Crippen LogP contribution in [-0.4, -0.2) is 27.4 Å². The van der Waals surface area contributed by atoms with E-state index >= 15 is 0 Å². The van der Waals surface area contributed by atoms with Crippen LogP contribution in [-0.2, 0) is 11.3 Å². The molecule has 0 unspecified atom stereocenters. The van der Waals surface area contributed by atoms with Crippen LogP contribution < -0.4 is 9.47 Å². The summed E-state index contributed by atoms with van der Waals surface area (Å²) in [5.74, 6) is 0.989. The van der Waals surface area contributed by atoms with Gasteiger partial charge in [-0.05, 0) is 11.4 Å². The van der Waals surface area contributed by atoms with Gasteiger partial charge < -0.3 is 19.1 Å². The number of hydrogen-bond donors (Lipinski definition) is 1. The molecule has 3 aromatic rings. The van der Waals surface area contributed by atoms with Crippen molar-refractivity contribution < 1.29 is 19.4 Å². The number of carbonyl (C=O) groups is 1. The number of aromatic nitrogens is 2. The Hall–Kier alpha value is -2.54. The third-order valence-corrected chi connectivity index (χ3v) is 4.14. The first kappa shape index (κ1) is 12.2. The van der Waals surface area contributed by atoms with Gasteiger partial charge in [-0.2, -0.15) is 0 Å². The largest absolute Gasteiger partial charge is 0.480 e. The maximum absolute atomic E-state index is 11.2. The van der Waals surface area contributed by atoms with Gasteiger partial charge in [0.25, 0.3) is 0 Å². The van der Waals surface area contributed by atoms with Crippen molar-refractivity contribution in [1.82, 2.24) is 9.55 Å². The fourth-order valence-electron chi connectivity index (χ4n) is 2.40. The molecule has 0 atom stereocenters. The zero-order chi connectivity index (χ0) is 14.4. The van der Waals surface area contributed by atoms with E-state index in [1.165, 1.54) is 11.3 Å². The molecule has 21 heavy (non-hydrogen) atoms. The van der Waals surface area contributed by atoms with Gasteiger partial charge in [-0.25, -0.2) is 4.98 Å². The molecule has 0 saturated carbocycles. The predicted octanol–water partition coefficient (Wildman–Crippen LogP) is 2.58. The minimum atomic E-state index is -0.912. The number of ether oxygens (including phenoxy) is 2. The zero-order valence-corrected chi connectivity index (χ0v) is 11.6. The number of hydrogen-bond acceptors (Lipinski definition) is 5. The van der Waals surface area contributed by atoms with Gasteiger partial charge >= 0.3 is 5.97 Å². The van der Waals surface area contributed by atoms with E-state index in [4.69, 9.17) is 14.6 Å². The van der Waals surface area contributed by atoms with Crippen molar-refractivity contribution >= 4 is 28.3 Å². The number of carboxylic acid groups (broad SMARTS) is 1. The first-order valence-electron chi connectivity index (χ1n) is 6.28. The van der Waals surface area contributed by atoms with E-state index in [1.54, 1.807) is 16.7 Å². The number of thiophene rings is 1. The van der Waals surface area contributed by atoms with Gasteiger partial charge in [0.15, 0.2) is 17.3 Å². The maximum Gasteiger partial charge on any atom is 0.323 e. The van der Waals surface area contributed by atoms with Crippen molar-refractivity contribution in [3.05, 3.63) is 29.6 Å². The lowest BCUT2D eigenvalue weighted by Gasteiger charge is -2.05. The van der Waals surface area contributed by atoms with E-state index in [2.05, 4.69) is 4.98 Å². The molecule has 0 aliphatic carbocycles. The Balaban J connectivity index is 1.98. The molecular formula is C14H10N2O4S. The number of fused-ring (bicyclic) bond motifs is 2. The van der Waals surface area contributed by atoms with Gasteiger partial charge in [0.1, 0.15) is 6.54 Å². The Kier molecular flexibility index (Phi) is 2.61. The highest BCUT2D eigenvalue weighted by atomic mass is 32.1. The molecule has 106 valence electrons. The highest BCUT2D eigenvalue weighted by Gasteiger charge is 2.21. The summed E-state index contributed by atoms with van der Waals surface area (Å²) in [6.45, 7) is 0.0298. The lowest BCUT2D eigenvalue weighted by Crippen LogP contribution is -2.09. The number of benzene rings is 1. The summed E-state index contributed by atoms with van der Waals surface area (Å²) in [6, 6.07) is 7.40. The Labute approximate surface area is 123 Å². The standard InChI is InChI=1S/C14H10N2O4S/c17-13(18)6-16-9-5-11-10(19-7-20-11)4-8(9)15-14(16)12-2-1-3-21-12/h1-5H,6-7H2,(H,17,18). The van der Waals surface area contributed by atoms with Crippen LogP contribution in [0.5, 0.6) is 11.5 Å². The molecule has 0 saturated heterocycles. The molecule has 1 aliphatic heterocycles. The van der Waals surface area contributed by atoms with Crippen molar-refractivity contribution in [3.8, 4) is 22.2 Å². The molecule has 0 amide bonds. The van der Waals surface area contributed by atoms with E-state index in [-0.39, 0.29) is 13.3 Å². The topological polar surface area (TPSA) is 73.6 Å². The van der Waals surface area contributed by atoms with Crippen LogP contribution in [0.4, 0.5) is 0 Å². The molecule has 2 aromatic heterocycles. The number of imidazole rings is 1. The third kappa shape index (κ3) is 1.93. The fourth-order valence-corrected chi connectivity index (χ4v) is 3.13. The lowest BCUT2D eigenvalue weighted by atomic mass is 10.2. The summed E-state index contributed by atoms with van der Waals surface area (Å²) in [6.07, 6.45) is 0. The van der Waals surface area contributed by atoms with Gasteiger partial charge in [0, 0.05) is 12.1 Å². The summed E-state index contributed by atoms with van der Waals surface area (Å²) in [5, 5.41) is 11.1. The molecule has 0 bridgehead atoms. The average Bonchev–Trinajstić information content (AvgIpc) is 3.15. The Morgan fingerprint density at radius 2 is 2.19 bits per heavy atom. The molecule has 0 spiro atoms. The van der Waals surface area contributed by atoms with E-state index in [9.17, 15) is 4.79 Å². The number of carboxylic acids is 1. The van der Waals surface area contributed by atoms with Crippen LogP contribution in [0.15, 0.2) is 29.6 Å². The van der Waals surface area contributed by atoms with Crippen LogP contribution in [0, 0.1) is 0 Å². The van der Waals surface area contributed by atoms with Crippen LogP contribution in [0.1, 0.15) is 0 Å². The van der Waals surface area contributed by atoms with Crippen LogP contribution >= 0.6 is 11.3 Å². The van der Waals surface area contributed by atoms with Crippen molar-refractivity contribution in [2.75, 3.05) is 6.79 Å². The Morgan fingerprint density at radius 3 is 2.90 bits per heavy atom. The van der Waals surface area contributed by atoms with Crippen LogP contribution in [0.25, 0.3) is 21.7 Å². The highest BCUT2D eigenvalue weighted by molar-refractivity contribution is 7.13. The predicted molar refractivity (Wildman–Crippen MR) is 76.8 cm³/mol. The summed E-state index contributed by atoms with van der Waals surface area (Å²) in [7, 11) is 0. The number of rotatable bonds is 3. The minimum Gasteiger partial charge on any atom is -0.480 e. The van der Waals surface area contributed by atoms with Crippen molar-refractivity contribution in [2.24, 2.45) is 0 Å². The van der Waals surface area contributed by atoms with Crippen LogP contribution in [0.3, 0.4) is 0 Å². The highest BCUT2D eigenvalue weighted by Crippen LogP contribution is 2.38. The summed E-state index contributed by atoms with van der Waals surface area (Å²) < 4.78 is 12.4. The van der Waals surface area contributed by atoms with E-state index in [0.717, 1.165) is 10.4 Å². The lowest BCUT2D eigenvalue weighted by molar-refractivity contribution is -0.137. The molecule has 4 rings (SSSR count). The van der Waals surface area contributed by atoms with Crippen molar-refractivity contribution in [3.63, 3.8) is 0 Å². The Bertz CT molecular complexity index is 838. The molecular weight excluding hydrogens is 292 g/mol. The molecule has 6 nitrogen and oxygen atoms in total. The second-order valence-corrected chi connectivity index (χ2v) is 5.53. The average molecular weight is 302 g/mol. The smallest absolute Gasteiger partial charge is 0.323 e. The normalized spacial score (nSPS) is 13.0. The summed E-state index contributed by atoms with van der Waals surface area (Å²) >= 11 is 1.52. The first-order chi connectivity index (χ1) is 10.2. The maximum atomic E-state index is 11.2. The fraction of sp³-hybridized carbons (Fsp3) is 0.143. The molecule has 1 aliphatic rings. The number of nitrogens with zero attached hydrogens (tertiary/aromatic N) is 2. The minimum absolute atomic E-state index is 0.149. The van der Waals surface area contributed by atoms with E-state index < -0.39 is 5.97 Å². The molecule has 0 radical (unpaired) electrons. The molecule has 0 fully saturated rings. The number of aliphatic carboxylic acids is 1. The quantitative estimate of drug-likeness (QED) is 0.805. The molecule has 7 heteroatoms. The van der Waals surface area contributed by atoms with Crippen LogP contribution in [0.2, 0.25) is 0 Å². The monoisotopic (exact) mass is 302 g/mol. The first-order valence-corrected chi connectivity index (χ1v) is 7.16. The van der Waals surface area contributed by atoms with E-state index in [0.29, 0.717) is 22.8 Å². The van der Waals surface area contributed by atoms with Gasteiger partial charge in [-0.3, -0.25) is 4.79 Å². The van der Waals surface area contributed by atoms with E-state index in [1.807, 2.05) is 17.5 Å². The van der Waals surface area contributed by atoms with Gasteiger partial charge in [0.05, 0.1) is 15.9 Å².